The maximum atomic E-state index is 13.1. The predicted octanol–water partition coefficient (Wildman–Crippen LogP) is 2.32. The van der Waals surface area contributed by atoms with Crippen LogP contribution in [0.5, 0.6) is 0 Å². The fourth-order valence-corrected chi connectivity index (χ4v) is 4.05. The third kappa shape index (κ3) is 3.56. The molecule has 2 aromatic rings. The molecule has 2 aliphatic heterocycles. The second kappa shape index (κ2) is 8.01. The van der Waals surface area contributed by atoms with Crippen LogP contribution in [0.25, 0.3) is 0 Å². The zero-order valence-corrected chi connectivity index (χ0v) is 16.9. The van der Waals surface area contributed by atoms with E-state index in [9.17, 15) is 4.79 Å². The van der Waals surface area contributed by atoms with Crippen LogP contribution in [0, 0.1) is 5.92 Å². The summed E-state index contributed by atoms with van der Waals surface area (Å²) in [5.74, 6) is 1.36. The Morgan fingerprint density at radius 1 is 1.32 bits per heavy atom. The molecule has 2 aliphatic rings. The lowest BCUT2D eigenvalue weighted by Gasteiger charge is -2.36. The number of rotatable bonds is 4. The van der Waals surface area contributed by atoms with Gasteiger partial charge in [0.05, 0.1) is 6.04 Å². The molecule has 0 radical (unpaired) electrons. The van der Waals surface area contributed by atoms with Gasteiger partial charge in [0, 0.05) is 38.5 Å². The van der Waals surface area contributed by atoms with Crippen molar-refractivity contribution >= 4 is 5.91 Å². The molecule has 0 bridgehead atoms. The number of carbonyl (C=O) groups is 1. The van der Waals surface area contributed by atoms with E-state index < -0.39 is 0 Å². The Labute approximate surface area is 166 Å². The van der Waals surface area contributed by atoms with E-state index in [0.29, 0.717) is 24.7 Å². The van der Waals surface area contributed by atoms with Gasteiger partial charge < -0.3 is 14.7 Å². The fourth-order valence-electron chi connectivity index (χ4n) is 4.05. The molecule has 3 atom stereocenters. The van der Waals surface area contributed by atoms with Gasteiger partial charge in [0.15, 0.2) is 5.82 Å². The largest absolute Gasteiger partial charge is 0.337 e. The summed E-state index contributed by atoms with van der Waals surface area (Å²) in [6.45, 7) is 7.34. The highest BCUT2D eigenvalue weighted by molar-refractivity contribution is 5.79. The van der Waals surface area contributed by atoms with Gasteiger partial charge in [-0.2, -0.15) is 4.98 Å². The summed E-state index contributed by atoms with van der Waals surface area (Å²) in [6.07, 6.45) is 1.52. The molecule has 1 aromatic carbocycles. The summed E-state index contributed by atoms with van der Waals surface area (Å²) >= 11 is 0. The molecule has 7 nitrogen and oxygen atoms in total. The molecule has 1 fully saturated rings. The molecular formula is C21H29N5O2. The Morgan fingerprint density at radius 3 is 2.86 bits per heavy atom. The predicted molar refractivity (Wildman–Crippen MR) is 105 cm³/mol. The molecule has 1 amide bonds. The Hall–Kier alpha value is -2.25. The van der Waals surface area contributed by atoms with Crippen LogP contribution in [0.15, 0.2) is 28.8 Å². The topological polar surface area (TPSA) is 74.5 Å². The number of nitrogens with one attached hydrogen (secondary N) is 1. The van der Waals surface area contributed by atoms with Crippen molar-refractivity contribution in [3.8, 4) is 0 Å². The zero-order valence-electron chi connectivity index (χ0n) is 16.9. The third-order valence-corrected chi connectivity index (χ3v) is 6.12. The fraction of sp³-hybridized carbons (Fsp3) is 0.571. The van der Waals surface area contributed by atoms with Crippen molar-refractivity contribution in [1.29, 1.82) is 0 Å². The second-order valence-electron chi connectivity index (χ2n) is 7.96. The van der Waals surface area contributed by atoms with Crippen LogP contribution in [0.3, 0.4) is 0 Å². The SMILES string of the molecule is CCC(C)C(=O)N1Cc2ccccc2CC1c1nc(C2CNCCN2C)no1. The molecular weight excluding hydrogens is 354 g/mol. The lowest BCUT2D eigenvalue weighted by molar-refractivity contribution is -0.139. The summed E-state index contributed by atoms with van der Waals surface area (Å²) in [7, 11) is 2.08. The number of fused-ring (bicyclic) bond motifs is 1. The lowest BCUT2D eigenvalue weighted by Crippen LogP contribution is -2.44. The number of nitrogens with zero attached hydrogens (tertiary/aromatic N) is 4. The number of amides is 1. The standard InChI is InChI=1S/C21H29N5O2/c1-4-14(2)21(27)26-13-16-8-6-5-7-15(16)11-17(26)20-23-19(24-28-20)18-12-22-9-10-25(18)3/h5-8,14,17-18,22H,4,9-13H2,1-3H3. The molecule has 0 spiro atoms. The van der Waals surface area contributed by atoms with E-state index >= 15 is 0 Å². The first kappa shape index (κ1) is 19.1. The van der Waals surface area contributed by atoms with Gasteiger partial charge in [-0.05, 0) is 24.6 Å². The number of piperazine rings is 1. The lowest BCUT2D eigenvalue weighted by atomic mass is 9.92. The first-order chi connectivity index (χ1) is 13.6. The molecule has 3 unspecified atom stereocenters. The molecule has 1 aromatic heterocycles. The van der Waals surface area contributed by atoms with E-state index in [4.69, 9.17) is 9.51 Å². The highest BCUT2D eigenvalue weighted by atomic mass is 16.5. The zero-order chi connectivity index (χ0) is 19.7. The van der Waals surface area contributed by atoms with Crippen LogP contribution in [-0.4, -0.2) is 52.5 Å². The maximum Gasteiger partial charge on any atom is 0.249 e. The van der Waals surface area contributed by atoms with Crippen LogP contribution in [0.1, 0.15) is 55.2 Å². The quantitative estimate of drug-likeness (QED) is 0.873. The van der Waals surface area contributed by atoms with E-state index in [0.717, 1.165) is 26.1 Å². The van der Waals surface area contributed by atoms with E-state index in [2.05, 4.69) is 34.6 Å². The van der Waals surface area contributed by atoms with Crippen LogP contribution >= 0.6 is 0 Å². The monoisotopic (exact) mass is 383 g/mol. The van der Waals surface area contributed by atoms with E-state index in [-0.39, 0.29) is 23.9 Å². The first-order valence-corrected chi connectivity index (χ1v) is 10.2. The summed E-state index contributed by atoms with van der Waals surface area (Å²) in [6, 6.07) is 8.19. The molecule has 4 rings (SSSR count). The van der Waals surface area contributed by atoms with Crippen LogP contribution in [-0.2, 0) is 17.8 Å². The van der Waals surface area contributed by atoms with Gasteiger partial charge in [0.1, 0.15) is 6.04 Å². The van der Waals surface area contributed by atoms with Crippen LogP contribution in [0.2, 0.25) is 0 Å². The number of benzene rings is 1. The minimum atomic E-state index is -0.209. The van der Waals surface area contributed by atoms with Crippen molar-refractivity contribution in [2.24, 2.45) is 5.92 Å². The Kier molecular flexibility index (Phi) is 5.46. The molecule has 3 heterocycles. The van der Waals surface area contributed by atoms with E-state index in [1.807, 2.05) is 30.9 Å². The number of hydrogen-bond donors (Lipinski definition) is 1. The number of aromatic nitrogens is 2. The minimum Gasteiger partial charge on any atom is -0.337 e. The van der Waals surface area contributed by atoms with Crippen molar-refractivity contribution in [3.63, 3.8) is 0 Å². The van der Waals surface area contributed by atoms with Crippen molar-refractivity contribution in [2.45, 2.75) is 45.3 Å². The number of hydrogen-bond acceptors (Lipinski definition) is 6. The molecule has 0 aliphatic carbocycles. The second-order valence-corrected chi connectivity index (χ2v) is 7.96. The maximum absolute atomic E-state index is 13.1. The van der Waals surface area contributed by atoms with Crippen molar-refractivity contribution < 1.29 is 9.32 Å². The minimum absolute atomic E-state index is 0.0242. The molecule has 7 heteroatoms. The number of carbonyl (C=O) groups excluding carboxylic acids is 1. The Morgan fingerprint density at radius 2 is 2.11 bits per heavy atom. The highest BCUT2D eigenvalue weighted by Crippen LogP contribution is 2.34. The normalized spacial score (nSPS) is 24.0. The highest BCUT2D eigenvalue weighted by Gasteiger charge is 2.36. The van der Waals surface area contributed by atoms with Gasteiger partial charge in [0.2, 0.25) is 11.8 Å². The van der Waals surface area contributed by atoms with E-state index in [1.54, 1.807) is 0 Å². The van der Waals surface area contributed by atoms with Gasteiger partial charge in [-0.3, -0.25) is 9.69 Å². The molecule has 0 saturated carbocycles. The smallest absolute Gasteiger partial charge is 0.249 e. The Bertz CT molecular complexity index is 836. The average molecular weight is 383 g/mol. The summed E-state index contributed by atoms with van der Waals surface area (Å²) in [5.41, 5.74) is 2.45. The van der Waals surface area contributed by atoms with Crippen LogP contribution < -0.4 is 5.32 Å². The number of likely N-dealkylation sites (N-methyl/N-ethyl adjacent to an activating group) is 1. The van der Waals surface area contributed by atoms with Crippen LogP contribution in [0.4, 0.5) is 0 Å². The van der Waals surface area contributed by atoms with Crippen molar-refractivity contribution in [3.05, 3.63) is 47.1 Å². The summed E-state index contributed by atoms with van der Waals surface area (Å²) in [4.78, 5) is 22.0. The summed E-state index contributed by atoms with van der Waals surface area (Å²) in [5, 5.41) is 7.66. The average Bonchev–Trinajstić information content (AvgIpc) is 3.21. The van der Waals surface area contributed by atoms with E-state index in [1.165, 1.54) is 11.1 Å². The van der Waals surface area contributed by atoms with Gasteiger partial charge in [-0.15, -0.1) is 0 Å². The first-order valence-electron chi connectivity index (χ1n) is 10.2. The van der Waals surface area contributed by atoms with Crippen molar-refractivity contribution in [2.75, 3.05) is 26.7 Å². The van der Waals surface area contributed by atoms with Gasteiger partial charge in [-0.25, -0.2) is 0 Å². The Balaban J connectivity index is 1.64. The van der Waals surface area contributed by atoms with Gasteiger partial charge in [-0.1, -0.05) is 43.3 Å². The third-order valence-electron chi connectivity index (χ3n) is 6.12. The van der Waals surface area contributed by atoms with Gasteiger partial charge in [0.25, 0.3) is 0 Å². The van der Waals surface area contributed by atoms with Crippen molar-refractivity contribution in [1.82, 2.24) is 25.3 Å². The van der Waals surface area contributed by atoms with Gasteiger partial charge >= 0.3 is 0 Å². The molecule has 1 N–H and O–H groups in total. The molecule has 28 heavy (non-hydrogen) atoms. The summed E-state index contributed by atoms with van der Waals surface area (Å²) < 4.78 is 5.71. The molecule has 1 saturated heterocycles. The molecule has 150 valence electrons.